The zero-order chi connectivity index (χ0) is 18.2. The van der Waals surface area contributed by atoms with Gasteiger partial charge in [0, 0.05) is 45.8 Å². The Morgan fingerprint density at radius 2 is 1.54 bits per heavy atom. The normalized spacial score (nSPS) is 19.1. The molecule has 1 N–H and O–H groups in total. The summed E-state index contributed by atoms with van der Waals surface area (Å²) in [5.74, 6) is 0.296. The highest BCUT2D eigenvalue weighted by Crippen LogP contribution is 2.11. The molecule has 0 atom stereocenters. The van der Waals surface area contributed by atoms with Crippen molar-refractivity contribution in [3.8, 4) is 0 Å². The Bertz CT molecular complexity index is 579. The van der Waals surface area contributed by atoms with E-state index < -0.39 is 0 Å². The molecule has 2 fully saturated rings. The average Bonchev–Trinajstić information content (AvgIpc) is 2.97. The van der Waals surface area contributed by atoms with Crippen molar-refractivity contribution in [3.05, 3.63) is 35.9 Å². The maximum atomic E-state index is 12.5. The van der Waals surface area contributed by atoms with E-state index in [1.807, 2.05) is 18.2 Å². The summed E-state index contributed by atoms with van der Waals surface area (Å²) < 4.78 is 0. The second-order valence-electron chi connectivity index (χ2n) is 7.20. The smallest absolute Gasteiger partial charge is 0.236 e. The third-order valence-corrected chi connectivity index (χ3v) is 5.67. The molecular formula is C20H30N4OS. The van der Waals surface area contributed by atoms with Gasteiger partial charge in [0.05, 0.1) is 6.54 Å². The molecule has 3 rings (SSSR count). The van der Waals surface area contributed by atoms with Gasteiger partial charge in [0.2, 0.25) is 5.91 Å². The third kappa shape index (κ3) is 5.68. The largest absolute Gasteiger partial charge is 0.358 e. The van der Waals surface area contributed by atoms with E-state index in [0.717, 1.165) is 63.8 Å². The van der Waals surface area contributed by atoms with Crippen LogP contribution in [0, 0.1) is 0 Å². The number of carbonyl (C=O) groups excluding carboxylic acids is 1. The Kier molecular flexibility index (Phi) is 7.26. The molecule has 26 heavy (non-hydrogen) atoms. The van der Waals surface area contributed by atoms with Gasteiger partial charge in [0.25, 0.3) is 0 Å². The molecule has 0 radical (unpaired) electrons. The fourth-order valence-corrected chi connectivity index (χ4v) is 3.86. The highest BCUT2D eigenvalue weighted by molar-refractivity contribution is 7.80. The number of amides is 1. The molecule has 2 aliphatic heterocycles. The topological polar surface area (TPSA) is 38.8 Å². The Balaban J connectivity index is 1.38. The van der Waals surface area contributed by atoms with E-state index in [2.05, 4.69) is 32.1 Å². The summed E-state index contributed by atoms with van der Waals surface area (Å²) in [6.45, 7) is 6.74. The van der Waals surface area contributed by atoms with Crippen molar-refractivity contribution in [2.24, 2.45) is 0 Å². The number of hydrogen-bond acceptors (Lipinski definition) is 3. The Morgan fingerprint density at radius 1 is 0.885 bits per heavy atom. The summed E-state index contributed by atoms with van der Waals surface area (Å²) in [4.78, 5) is 19.1. The standard InChI is InChI=1S/C20H30N4OS/c25-19(23-10-6-1-2-7-11-23)17-22-12-14-24(15-13-22)20(26)21-16-18-8-4-3-5-9-18/h3-5,8-9H,1-2,6-7,10-17H2,(H,21,26). The van der Waals surface area contributed by atoms with Crippen LogP contribution in [-0.4, -0.2) is 71.5 Å². The Labute approximate surface area is 162 Å². The monoisotopic (exact) mass is 374 g/mol. The number of carbonyl (C=O) groups is 1. The predicted molar refractivity (Wildman–Crippen MR) is 109 cm³/mol. The van der Waals surface area contributed by atoms with Gasteiger partial charge in [0.1, 0.15) is 0 Å². The van der Waals surface area contributed by atoms with Crippen molar-refractivity contribution < 1.29 is 4.79 Å². The average molecular weight is 375 g/mol. The van der Waals surface area contributed by atoms with Crippen LogP contribution in [0.3, 0.4) is 0 Å². The first kappa shape index (κ1) is 19.1. The first-order chi connectivity index (χ1) is 12.7. The molecule has 1 aromatic carbocycles. The summed E-state index contributed by atoms with van der Waals surface area (Å²) in [6, 6.07) is 10.3. The zero-order valence-corrected chi connectivity index (χ0v) is 16.3. The number of thiocarbonyl (C=S) groups is 1. The molecule has 0 saturated carbocycles. The molecule has 0 bridgehead atoms. The van der Waals surface area contributed by atoms with Gasteiger partial charge >= 0.3 is 0 Å². The summed E-state index contributed by atoms with van der Waals surface area (Å²) in [7, 11) is 0. The molecule has 142 valence electrons. The van der Waals surface area contributed by atoms with E-state index in [1.54, 1.807) is 0 Å². The van der Waals surface area contributed by atoms with Gasteiger partial charge in [-0.1, -0.05) is 43.2 Å². The molecule has 2 aliphatic rings. The SMILES string of the molecule is O=C(CN1CCN(C(=S)NCc2ccccc2)CC1)N1CCCCCC1. The summed E-state index contributed by atoms with van der Waals surface area (Å²) in [5.41, 5.74) is 1.23. The van der Waals surface area contributed by atoms with Crippen LogP contribution >= 0.6 is 12.2 Å². The van der Waals surface area contributed by atoms with E-state index in [4.69, 9.17) is 12.2 Å². The van der Waals surface area contributed by atoms with E-state index in [-0.39, 0.29) is 0 Å². The lowest BCUT2D eigenvalue weighted by atomic mass is 10.2. The molecule has 0 spiro atoms. The van der Waals surface area contributed by atoms with Crippen LogP contribution in [0.2, 0.25) is 0 Å². The fraction of sp³-hybridized carbons (Fsp3) is 0.600. The van der Waals surface area contributed by atoms with Crippen molar-refractivity contribution in [1.29, 1.82) is 0 Å². The minimum absolute atomic E-state index is 0.296. The second kappa shape index (κ2) is 9.88. The van der Waals surface area contributed by atoms with Crippen LogP contribution in [0.5, 0.6) is 0 Å². The van der Waals surface area contributed by atoms with Crippen molar-refractivity contribution in [2.45, 2.75) is 32.2 Å². The molecule has 5 nitrogen and oxygen atoms in total. The first-order valence-electron chi connectivity index (χ1n) is 9.79. The Morgan fingerprint density at radius 3 is 2.19 bits per heavy atom. The van der Waals surface area contributed by atoms with Gasteiger partial charge in [-0.05, 0) is 30.6 Å². The highest BCUT2D eigenvalue weighted by atomic mass is 32.1. The zero-order valence-electron chi connectivity index (χ0n) is 15.5. The molecule has 2 heterocycles. The maximum absolute atomic E-state index is 12.5. The number of nitrogens with one attached hydrogen (secondary N) is 1. The molecular weight excluding hydrogens is 344 g/mol. The molecule has 1 amide bonds. The van der Waals surface area contributed by atoms with Crippen molar-refractivity contribution in [1.82, 2.24) is 20.0 Å². The summed E-state index contributed by atoms with van der Waals surface area (Å²) >= 11 is 5.54. The van der Waals surface area contributed by atoms with Crippen LogP contribution < -0.4 is 5.32 Å². The quantitative estimate of drug-likeness (QED) is 0.817. The van der Waals surface area contributed by atoms with Gasteiger partial charge in [-0.15, -0.1) is 0 Å². The van der Waals surface area contributed by atoms with Crippen LogP contribution in [0.15, 0.2) is 30.3 Å². The molecule has 1 aromatic rings. The van der Waals surface area contributed by atoms with Crippen molar-refractivity contribution in [2.75, 3.05) is 45.8 Å². The molecule has 0 aromatic heterocycles. The van der Waals surface area contributed by atoms with Crippen LogP contribution in [0.4, 0.5) is 0 Å². The minimum atomic E-state index is 0.296. The number of likely N-dealkylation sites (tertiary alicyclic amines) is 1. The van der Waals surface area contributed by atoms with Crippen LogP contribution in [0.25, 0.3) is 0 Å². The van der Waals surface area contributed by atoms with E-state index in [0.29, 0.717) is 12.5 Å². The van der Waals surface area contributed by atoms with E-state index in [9.17, 15) is 4.79 Å². The van der Waals surface area contributed by atoms with E-state index >= 15 is 0 Å². The van der Waals surface area contributed by atoms with Gasteiger partial charge < -0.3 is 15.1 Å². The number of benzene rings is 1. The van der Waals surface area contributed by atoms with Gasteiger partial charge in [-0.3, -0.25) is 9.69 Å². The maximum Gasteiger partial charge on any atom is 0.236 e. The lowest BCUT2D eigenvalue weighted by Gasteiger charge is -2.36. The number of hydrogen-bond donors (Lipinski definition) is 1. The summed E-state index contributed by atoms with van der Waals surface area (Å²) in [6.07, 6.45) is 4.83. The van der Waals surface area contributed by atoms with Crippen LogP contribution in [-0.2, 0) is 11.3 Å². The molecule has 0 unspecified atom stereocenters. The molecule has 6 heteroatoms. The summed E-state index contributed by atoms with van der Waals surface area (Å²) in [5, 5.41) is 4.16. The van der Waals surface area contributed by atoms with E-state index in [1.165, 1.54) is 18.4 Å². The van der Waals surface area contributed by atoms with Crippen molar-refractivity contribution in [3.63, 3.8) is 0 Å². The van der Waals surface area contributed by atoms with Gasteiger partial charge in [-0.25, -0.2) is 0 Å². The third-order valence-electron chi connectivity index (χ3n) is 5.26. The second-order valence-corrected chi connectivity index (χ2v) is 7.59. The molecule has 0 aliphatic carbocycles. The van der Waals surface area contributed by atoms with Crippen molar-refractivity contribution >= 4 is 23.2 Å². The van der Waals surface area contributed by atoms with Gasteiger partial charge in [-0.2, -0.15) is 0 Å². The predicted octanol–water partition coefficient (Wildman–Crippen LogP) is 2.08. The number of nitrogens with zero attached hydrogens (tertiary/aromatic N) is 3. The number of rotatable bonds is 4. The lowest BCUT2D eigenvalue weighted by molar-refractivity contribution is -0.132. The highest BCUT2D eigenvalue weighted by Gasteiger charge is 2.23. The molecule has 2 saturated heterocycles. The lowest BCUT2D eigenvalue weighted by Crippen LogP contribution is -2.53. The van der Waals surface area contributed by atoms with Gasteiger partial charge in [0.15, 0.2) is 5.11 Å². The number of piperazine rings is 1. The fourth-order valence-electron chi connectivity index (χ4n) is 3.61. The first-order valence-corrected chi connectivity index (χ1v) is 10.2. The minimum Gasteiger partial charge on any atom is -0.358 e. The Hall–Kier alpha value is -1.66. The van der Waals surface area contributed by atoms with Crippen LogP contribution in [0.1, 0.15) is 31.2 Å².